The van der Waals surface area contributed by atoms with Crippen molar-refractivity contribution >= 4 is 28.8 Å². The lowest BCUT2D eigenvalue weighted by atomic mass is 10.2. The molecule has 1 N–H and O–H groups in total. The van der Waals surface area contributed by atoms with Crippen LogP contribution in [0.2, 0.25) is 0 Å². The van der Waals surface area contributed by atoms with Crippen molar-refractivity contribution in [2.45, 2.75) is 6.04 Å². The normalized spacial score (nSPS) is 11.5. The van der Waals surface area contributed by atoms with E-state index in [1.165, 1.54) is 36.4 Å². The number of amides is 1. The number of methoxy groups -OCH3 is 1. The molecule has 0 spiro atoms. The zero-order chi connectivity index (χ0) is 19.1. The van der Waals surface area contributed by atoms with Crippen LogP contribution in [0.5, 0.6) is 0 Å². The van der Waals surface area contributed by atoms with Crippen LogP contribution in [0.25, 0.3) is 0 Å². The standard InChI is InChI=1S/C18H15F2NO4S/c1-25-17(23)15(21-16(22)11-4-2-6-13(19)8-11)10-26-18(24)12-5-3-7-14(20)9-12/h2-9,15H,10H2,1H3,(H,21,22). The maximum Gasteiger partial charge on any atom is 0.329 e. The first kappa shape index (κ1) is 19.6. The van der Waals surface area contributed by atoms with E-state index < -0.39 is 34.7 Å². The first-order valence-corrected chi connectivity index (χ1v) is 8.46. The number of carbonyl (C=O) groups is 3. The molecule has 26 heavy (non-hydrogen) atoms. The van der Waals surface area contributed by atoms with Crippen LogP contribution in [0.1, 0.15) is 20.7 Å². The number of hydrogen-bond acceptors (Lipinski definition) is 5. The van der Waals surface area contributed by atoms with Gasteiger partial charge in [-0.1, -0.05) is 30.0 Å². The molecule has 2 aromatic carbocycles. The molecule has 0 heterocycles. The zero-order valence-electron chi connectivity index (χ0n) is 13.7. The van der Waals surface area contributed by atoms with Crippen LogP contribution >= 0.6 is 11.8 Å². The molecule has 0 radical (unpaired) electrons. The van der Waals surface area contributed by atoms with Crippen LogP contribution in [0, 0.1) is 11.6 Å². The fourth-order valence-corrected chi connectivity index (χ4v) is 2.87. The molecular weight excluding hydrogens is 364 g/mol. The van der Waals surface area contributed by atoms with E-state index in [4.69, 9.17) is 0 Å². The maximum atomic E-state index is 13.2. The molecule has 0 saturated carbocycles. The van der Waals surface area contributed by atoms with Crippen molar-refractivity contribution in [3.05, 3.63) is 71.3 Å². The van der Waals surface area contributed by atoms with Crippen molar-refractivity contribution in [3.63, 3.8) is 0 Å². The number of rotatable bonds is 6. The van der Waals surface area contributed by atoms with Gasteiger partial charge in [0.2, 0.25) is 5.12 Å². The summed E-state index contributed by atoms with van der Waals surface area (Å²) in [6, 6.07) is 8.95. The maximum absolute atomic E-state index is 13.2. The summed E-state index contributed by atoms with van der Waals surface area (Å²) in [6.07, 6.45) is 0. The molecule has 0 aliphatic carbocycles. The third-order valence-corrected chi connectivity index (χ3v) is 4.32. The highest BCUT2D eigenvalue weighted by molar-refractivity contribution is 8.14. The summed E-state index contributed by atoms with van der Waals surface area (Å²) in [7, 11) is 1.14. The summed E-state index contributed by atoms with van der Waals surface area (Å²) in [5.41, 5.74) is 0.162. The van der Waals surface area contributed by atoms with Gasteiger partial charge in [-0.15, -0.1) is 0 Å². The first-order chi connectivity index (χ1) is 12.4. The predicted molar refractivity (Wildman–Crippen MR) is 92.9 cm³/mol. The van der Waals surface area contributed by atoms with E-state index >= 15 is 0 Å². The lowest BCUT2D eigenvalue weighted by Crippen LogP contribution is -2.43. The van der Waals surface area contributed by atoms with Crippen LogP contribution in [0.15, 0.2) is 48.5 Å². The monoisotopic (exact) mass is 379 g/mol. The van der Waals surface area contributed by atoms with E-state index in [-0.39, 0.29) is 16.9 Å². The van der Waals surface area contributed by atoms with E-state index in [9.17, 15) is 23.2 Å². The van der Waals surface area contributed by atoms with Crippen LogP contribution in [0.3, 0.4) is 0 Å². The summed E-state index contributed by atoms with van der Waals surface area (Å²) in [6.45, 7) is 0. The van der Waals surface area contributed by atoms with Crippen molar-refractivity contribution < 1.29 is 27.9 Å². The number of carbonyl (C=O) groups excluding carboxylic acids is 3. The van der Waals surface area contributed by atoms with Gasteiger partial charge in [-0.05, 0) is 30.3 Å². The number of thioether (sulfide) groups is 1. The highest BCUT2D eigenvalue weighted by atomic mass is 32.2. The van der Waals surface area contributed by atoms with Gasteiger partial charge < -0.3 is 10.1 Å². The zero-order valence-corrected chi connectivity index (χ0v) is 14.5. The van der Waals surface area contributed by atoms with Crippen LogP contribution in [-0.4, -0.2) is 35.9 Å². The molecule has 0 aliphatic rings. The largest absolute Gasteiger partial charge is 0.467 e. The Morgan fingerprint density at radius 3 is 2.19 bits per heavy atom. The minimum absolute atomic E-state index is 0.0281. The molecule has 8 heteroatoms. The second-order valence-corrected chi connectivity index (χ2v) is 6.16. The molecule has 0 fully saturated rings. The molecule has 0 saturated heterocycles. The Bertz CT molecular complexity index is 828. The van der Waals surface area contributed by atoms with Gasteiger partial charge in [0.1, 0.15) is 17.7 Å². The van der Waals surface area contributed by atoms with E-state index in [0.29, 0.717) is 0 Å². The highest BCUT2D eigenvalue weighted by Gasteiger charge is 2.24. The highest BCUT2D eigenvalue weighted by Crippen LogP contribution is 2.15. The van der Waals surface area contributed by atoms with Crippen LogP contribution in [-0.2, 0) is 9.53 Å². The number of nitrogens with one attached hydrogen (secondary N) is 1. The second kappa shape index (κ2) is 9.10. The number of ether oxygens (including phenoxy) is 1. The minimum Gasteiger partial charge on any atom is -0.467 e. The lowest BCUT2D eigenvalue weighted by Gasteiger charge is -2.16. The lowest BCUT2D eigenvalue weighted by molar-refractivity contribution is -0.142. The molecule has 136 valence electrons. The Morgan fingerprint density at radius 1 is 1.04 bits per heavy atom. The molecule has 1 amide bonds. The van der Waals surface area contributed by atoms with E-state index in [0.717, 1.165) is 31.0 Å². The third kappa shape index (κ3) is 5.38. The van der Waals surface area contributed by atoms with E-state index in [2.05, 4.69) is 10.1 Å². The Labute approximate surface area is 152 Å². The van der Waals surface area contributed by atoms with Gasteiger partial charge in [-0.2, -0.15) is 0 Å². The summed E-state index contributed by atoms with van der Waals surface area (Å²) in [5.74, 6) is -2.71. The van der Waals surface area contributed by atoms with E-state index in [1.807, 2.05) is 0 Å². The Morgan fingerprint density at radius 2 is 1.62 bits per heavy atom. The second-order valence-electron chi connectivity index (χ2n) is 5.17. The average molecular weight is 379 g/mol. The molecule has 2 rings (SSSR count). The summed E-state index contributed by atoms with van der Waals surface area (Å²) in [5, 5.41) is 1.94. The molecule has 5 nitrogen and oxygen atoms in total. The van der Waals surface area contributed by atoms with Crippen molar-refractivity contribution in [1.82, 2.24) is 5.32 Å². The number of halogens is 2. The quantitative estimate of drug-likeness (QED) is 0.782. The predicted octanol–water partition coefficient (Wildman–Crippen LogP) is 2.81. The molecular formula is C18H15F2NO4S. The molecule has 1 atom stereocenters. The van der Waals surface area contributed by atoms with Gasteiger partial charge in [0.05, 0.1) is 7.11 Å². The van der Waals surface area contributed by atoms with Crippen molar-refractivity contribution in [2.75, 3.05) is 12.9 Å². The van der Waals surface area contributed by atoms with Gasteiger partial charge in [0, 0.05) is 16.9 Å². The van der Waals surface area contributed by atoms with Crippen molar-refractivity contribution in [3.8, 4) is 0 Å². The third-order valence-electron chi connectivity index (χ3n) is 3.32. The van der Waals surface area contributed by atoms with Gasteiger partial charge in [0.25, 0.3) is 5.91 Å². The van der Waals surface area contributed by atoms with E-state index in [1.54, 1.807) is 0 Å². The van der Waals surface area contributed by atoms with Gasteiger partial charge in [-0.25, -0.2) is 13.6 Å². The van der Waals surface area contributed by atoms with Crippen molar-refractivity contribution in [1.29, 1.82) is 0 Å². The SMILES string of the molecule is COC(=O)C(CSC(=O)c1cccc(F)c1)NC(=O)c1cccc(F)c1. The molecule has 0 bridgehead atoms. The minimum atomic E-state index is -1.13. The topological polar surface area (TPSA) is 72.5 Å². The van der Waals surface area contributed by atoms with Crippen LogP contribution in [0.4, 0.5) is 8.78 Å². The smallest absolute Gasteiger partial charge is 0.329 e. The molecule has 2 aromatic rings. The fraction of sp³-hybridized carbons (Fsp3) is 0.167. The van der Waals surface area contributed by atoms with Gasteiger partial charge in [-0.3, -0.25) is 9.59 Å². The summed E-state index contributed by atoms with van der Waals surface area (Å²) < 4.78 is 31.0. The number of esters is 1. The first-order valence-electron chi connectivity index (χ1n) is 7.47. The Kier molecular flexibility index (Phi) is 6.85. The average Bonchev–Trinajstić information content (AvgIpc) is 2.64. The number of benzene rings is 2. The molecule has 0 aromatic heterocycles. The fourth-order valence-electron chi connectivity index (χ4n) is 2.04. The Balaban J connectivity index is 2.04. The van der Waals surface area contributed by atoms with Crippen molar-refractivity contribution in [2.24, 2.45) is 0 Å². The Hall–Kier alpha value is -2.74. The van der Waals surface area contributed by atoms with Gasteiger partial charge in [0.15, 0.2) is 0 Å². The summed E-state index contributed by atoms with van der Waals surface area (Å²) >= 11 is 0.735. The molecule has 0 aliphatic heterocycles. The summed E-state index contributed by atoms with van der Waals surface area (Å²) in [4.78, 5) is 36.1. The number of hydrogen-bond donors (Lipinski definition) is 1. The molecule has 1 unspecified atom stereocenters. The van der Waals surface area contributed by atoms with Crippen LogP contribution < -0.4 is 5.32 Å². The van der Waals surface area contributed by atoms with Gasteiger partial charge >= 0.3 is 5.97 Å².